The zero-order valence-electron chi connectivity index (χ0n) is 18.9. The Bertz CT molecular complexity index is 1030. The Kier molecular flexibility index (Phi) is 7.75. The molecule has 0 spiro atoms. The van der Waals surface area contributed by atoms with E-state index in [1.54, 1.807) is 17.0 Å². The number of amides is 4. The molecule has 34 heavy (non-hydrogen) atoms. The van der Waals surface area contributed by atoms with Crippen molar-refractivity contribution >= 4 is 17.7 Å². The number of anilines is 1. The lowest BCUT2D eigenvalue weighted by molar-refractivity contribution is 0.180. The van der Waals surface area contributed by atoms with Crippen LogP contribution in [-0.4, -0.2) is 36.6 Å². The normalized spacial score (nSPS) is 14.0. The molecule has 0 bridgehead atoms. The van der Waals surface area contributed by atoms with E-state index in [0.717, 1.165) is 24.0 Å². The number of nitrogens with one attached hydrogen (secondary N) is 3. The van der Waals surface area contributed by atoms with Gasteiger partial charge in [0, 0.05) is 25.3 Å². The molecule has 3 aromatic carbocycles. The lowest BCUT2D eigenvalue weighted by Gasteiger charge is -2.32. The molecule has 0 atom stereocenters. The zero-order chi connectivity index (χ0) is 23.8. The van der Waals surface area contributed by atoms with Crippen molar-refractivity contribution in [2.45, 2.75) is 18.9 Å². The Morgan fingerprint density at radius 2 is 1.41 bits per heavy atom. The van der Waals surface area contributed by atoms with Gasteiger partial charge in [0.25, 0.3) is 0 Å². The summed E-state index contributed by atoms with van der Waals surface area (Å²) >= 11 is 0. The predicted octanol–water partition coefficient (Wildman–Crippen LogP) is 5.16. The van der Waals surface area contributed by atoms with Crippen LogP contribution in [0.1, 0.15) is 30.0 Å². The molecule has 1 fully saturated rings. The number of hydrogen-bond donors (Lipinski definition) is 3. The Hall–Kier alpha value is -3.87. The molecule has 1 heterocycles. The number of nitrogens with zero attached hydrogens (tertiary/aromatic N) is 1. The topological polar surface area (TPSA) is 73.5 Å². The lowest BCUT2D eigenvalue weighted by Crippen LogP contribution is -2.45. The third-order valence-electron chi connectivity index (χ3n) is 6.09. The van der Waals surface area contributed by atoms with Crippen LogP contribution in [0, 0.1) is 11.7 Å². The van der Waals surface area contributed by atoms with E-state index in [2.05, 4.69) is 16.0 Å². The van der Waals surface area contributed by atoms with Gasteiger partial charge in [-0.15, -0.1) is 0 Å². The molecule has 0 unspecified atom stereocenters. The van der Waals surface area contributed by atoms with Crippen molar-refractivity contribution in [1.29, 1.82) is 0 Å². The number of benzene rings is 3. The van der Waals surface area contributed by atoms with Crippen molar-refractivity contribution in [2.75, 3.05) is 25.0 Å². The molecular formula is C27H29FN4O2. The second-order valence-corrected chi connectivity index (χ2v) is 8.48. The maximum absolute atomic E-state index is 13.0. The van der Waals surface area contributed by atoms with E-state index in [9.17, 15) is 14.0 Å². The summed E-state index contributed by atoms with van der Waals surface area (Å²) in [5.74, 6) is -0.0401. The number of hydrogen-bond acceptors (Lipinski definition) is 2. The van der Waals surface area contributed by atoms with Crippen molar-refractivity contribution < 1.29 is 14.0 Å². The second kappa shape index (κ2) is 11.3. The first-order chi connectivity index (χ1) is 16.6. The van der Waals surface area contributed by atoms with Crippen molar-refractivity contribution in [3.05, 3.63) is 102 Å². The van der Waals surface area contributed by atoms with Crippen molar-refractivity contribution in [1.82, 2.24) is 15.5 Å². The highest BCUT2D eigenvalue weighted by molar-refractivity contribution is 5.89. The molecule has 0 radical (unpaired) electrons. The van der Waals surface area contributed by atoms with Gasteiger partial charge in [-0.3, -0.25) is 0 Å². The predicted molar refractivity (Wildman–Crippen MR) is 131 cm³/mol. The van der Waals surface area contributed by atoms with Crippen LogP contribution in [0.5, 0.6) is 0 Å². The minimum absolute atomic E-state index is 0.190. The number of halogens is 1. The second-order valence-electron chi connectivity index (χ2n) is 8.48. The van der Waals surface area contributed by atoms with E-state index in [1.165, 1.54) is 12.1 Å². The summed E-state index contributed by atoms with van der Waals surface area (Å²) in [5, 5.41) is 8.90. The fourth-order valence-electron chi connectivity index (χ4n) is 4.15. The number of likely N-dealkylation sites (tertiary alicyclic amines) is 1. The third-order valence-corrected chi connectivity index (χ3v) is 6.09. The fourth-order valence-corrected chi connectivity index (χ4v) is 4.15. The molecule has 4 rings (SSSR count). The van der Waals surface area contributed by atoms with Crippen LogP contribution in [0.4, 0.5) is 19.7 Å². The molecule has 3 N–H and O–H groups in total. The van der Waals surface area contributed by atoms with Crippen LogP contribution in [0.15, 0.2) is 84.9 Å². The van der Waals surface area contributed by atoms with Gasteiger partial charge in [0.05, 0.1) is 6.04 Å². The summed E-state index contributed by atoms with van der Waals surface area (Å²) in [5.41, 5.74) is 2.60. The molecule has 0 saturated carbocycles. The molecule has 1 aliphatic rings. The summed E-state index contributed by atoms with van der Waals surface area (Å²) in [4.78, 5) is 26.9. The van der Waals surface area contributed by atoms with Crippen LogP contribution < -0.4 is 16.0 Å². The highest BCUT2D eigenvalue weighted by Crippen LogP contribution is 2.22. The van der Waals surface area contributed by atoms with Gasteiger partial charge in [-0.25, -0.2) is 14.0 Å². The molecule has 4 amide bonds. The van der Waals surface area contributed by atoms with Gasteiger partial charge < -0.3 is 20.9 Å². The van der Waals surface area contributed by atoms with Gasteiger partial charge in [0.2, 0.25) is 0 Å². The highest BCUT2D eigenvalue weighted by atomic mass is 19.1. The Balaban J connectivity index is 1.25. The molecule has 3 aromatic rings. The van der Waals surface area contributed by atoms with Crippen molar-refractivity contribution in [2.24, 2.45) is 5.92 Å². The van der Waals surface area contributed by atoms with E-state index in [-0.39, 0.29) is 23.9 Å². The first-order valence-corrected chi connectivity index (χ1v) is 11.5. The molecule has 7 heteroatoms. The van der Waals surface area contributed by atoms with Gasteiger partial charge in [0.15, 0.2) is 0 Å². The van der Waals surface area contributed by atoms with Crippen molar-refractivity contribution in [3.63, 3.8) is 0 Å². The zero-order valence-corrected chi connectivity index (χ0v) is 18.9. The number of carbonyl (C=O) groups excluding carboxylic acids is 2. The van der Waals surface area contributed by atoms with E-state index >= 15 is 0 Å². The van der Waals surface area contributed by atoms with Gasteiger partial charge in [-0.2, -0.15) is 0 Å². The molecule has 0 aromatic heterocycles. The number of urea groups is 2. The van der Waals surface area contributed by atoms with Crippen molar-refractivity contribution in [3.8, 4) is 0 Å². The Morgan fingerprint density at radius 1 is 0.853 bits per heavy atom. The maximum atomic E-state index is 13.0. The van der Waals surface area contributed by atoms with Gasteiger partial charge in [0.1, 0.15) is 5.82 Å². The fraction of sp³-hybridized carbons (Fsp3) is 0.259. The number of rotatable bonds is 6. The maximum Gasteiger partial charge on any atom is 0.321 e. The van der Waals surface area contributed by atoms with Crippen LogP contribution in [0.25, 0.3) is 0 Å². The average molecular weight is 461 g/mol. The lowest BCUT2D eigenvalue weighted by atomic mass is 9.97. The molecular weight excluding hydrogens is 431 g/mol. The summed E-state index contributed by atoms with van der Waals surface area (Å²) < 4.78 is 13.0. The van der Waals surface area contributed by atoms with Crippen LogP contribution in [0.3, 0.4) is 0 Å². The van der Waals surface area contributed by atoms with Gasteiger partial charge in [-0.05, 0) is 54.2 Å². The summed E-state index contributed by atoms with van der Waals surface area (Å²) in [6.45, 7) is 1.77. The SMILES string of the molecule is O=C(NCC1CCN(C(=O)Nc2ccc(F)cc2)CC1)NC(c1ccccc1)c1ccccc1. The van der Waals surface area contributed by atoms with E-state index in [0.29, 0.717) is 31.2 Å². The summed E-state index contributed by atoms with van der Waals surface area (Å²) in [7, 11) is 0. The van der Waals surface area contributed by atoms with Gasteiger partial charge in [-0.1, -0.05) is 60.7 Å². The smallest absolute Gasteiger partial charge is 0.321 e. The summed E-state index contributed by atoms with van der Waals surface area (Å²) in [6, 6.07) is 24.9. The highest BCUT2D eigenvalue weighted by Gasteiger charge is 2.24. The molecule has 176 valence electrons. The standard InChI is InChI=1S/C27H29FN4O2/c28-23-11-13-24(14-12-23)30-27(34)32-17-15-20(16-18-32)19-29-26(33)31-25(21-7-3-1-4-8-21)22-9-5-2-6-10-22/h1-14,20,25H,15-19H2,(H,30,34)(H2,29,31,33). The minimum Gasteiger partial charge on any atom is -0.338 e. The molecule has 6 nitrogen and oxygen atoms in total. The number of piperidine rings is 1. The largest absolute Gasteiger partial charge is 0.338 e. The van der Waals surface area contributed by atoms with Crippen LogP contribution in [-0.2, 0) is 0 Å². The molecule has 0 aliphatic carbocycles. The third kappa shape index (κ3) is 6.34. The van der Waals surface area contributed by atoms with Crippen LogP contribution >= 0.6 is 0 Å². The summed E-state index contributed by atoms with van der Waals surface area (Å²) in [6.07, 6.45) is 1.61. The molecule has 1 aliphatic heterocycles. The first-order valence-electron chi connectivity index (χ1n) is 11.5. The Labute approximate surface area is 199 Å². The monoisotopic (exact) mass is 460 g/mol. The van der Waals surface area contributed by atoms with E-state index in [4.69, 9.17) is 0 Å². The minimum atomic E-state index is -0.339. The quantitative estimate of drug-likeness (QED) is 0.476. The number of carbonyl (C=O) groups is 2. The van der Waals surface area contributed by atoms with Crippen LogP contribution in [0.2, 0.25) is 0 Å². The van der Waals surface area contributed by atoms with E-state index < -0.39 is 0 Å². The first kappa shape index (κ1) is 23.3. The molecule has 1 saturated heterocycles. The Morgan fingerprint density at radius 3 is 1.97 bits per heavy atom. The van der Waals surface area contributed by atoms with E-state index in [1.807, 2.05) is 60.7 Å². The van der Waals surface area contributed by atoms with Gasteiger partial charge >= 0.3 is 12.1 Å². The average Bonchev–Trinajstić information content (AvgIpc) is 2.88.